The first-order chi connectivity index (χ1) is 12.0. The van der Waals surface area contributed by atoms with Gasteiger partial charge in [-0.05, 0) is 55.4 Å². The molecule has 1 aromatic rings. The average Bonchev–Trinajstić information content (AvgIpc) is 2.55. The van der Waals surface area contributed by atoms with Crippen molar-refractivity contribution >= 4 is 6.09 Å². The Morgan fingerprint density at radius 1 is 1.16 bits per heavy atom. The Labute approximate surface area is 145 Å². The number of alkyl carbamates (subject to hydrolysis) is 1. The van der Waals surface area contributed by atoms with E-state index >= 15 is 0 Å². The molecule has 1 N–H and O–H groups in total. The summed E-state index contributed by atoms with van der Waals surface area (Å²) in [6.07, 6.45) is 3.48. The topological polar surface area (TPSA) is 47.6 Å². The smallest absolute Gasteiger partial charge is 0.407 e. The maximum absolute atomic E-state index is 12.8. The first-order valence-electron chi connectivity index (χ1n) is 8.96. The number of amides is 1. The molecule has 5 rings (SSSR count). The van der Waals surface area contributed by atoms with Crippen LogP contribution in [0.25, 0.3) is 0 Å². The molecule has 0 saturated heterocycles. The van der Waals surface area contributed by atoms with Crippen molar-refractivity contribution in [3.63, 3.8) is 0 Å². The Kier molecular flexibility index (Phi) is 4.40. The van der Waals surface area contributed by atoms with Gasteiger partial charge in [-0.3, -0.25) is 0 Å². The molecular formula is C19H23F2NO3. The predicted molar refractivity (Wildman–Crippen MR) is 86.9 cm³/mol. The number of hydrogen-bond acceptors (Lipinski definition) is 3. The van der Waals surface area contributed by atoms with Gasteiger partial charge in [-0.1, -0.05) is 30.3 Å². The van der Waals surface area contributed by atoms with E-state index in [1.54, 1.807) is 0 Å². The van der Waals surface area contributed by atoms with Crippen LogP contribution in [0.5, 0.6) is 0 Å². The van der Waals surface area contributed by atoms with Gasteiger partial charge in [0.1, 0.15) is 6.61 Å². The zero-order chi connectivity index (χ0) is 17.4. The lowest BCUT2D eigenvalue weighted by Crippen LogP contribution is -2.62. The quantitative estimate of drug-likeness (QED) is 0.869. The summed E-state index contributed by atoms with van der Waals surface area (Å²) in [5, 5.41) is 3.00. The minimum Gasteiger partial charge on any atom is -0.445 e. The van der Waals surface area contributed by atoms with Crippen molar-refractivity contribution in [2.75, 3.05) is 0 Å². The summed E-state index contributed by atoms with van der Waals surface area (Å²) >= 11 is 0. The number of alkyl halides is 2. The first kappa shape index (κ1) is 16.8. The van der Waals surface area contributed by atoms with Gasteiger partial charge < -0.3 is 14.8 Å². The molecule has 0 heterocycles. The highest BCUT2D eigenvalue weighted by Gasteiger charge is 2.57. The summed E-state index contributed by atoms with van der Waals surface area (Å²) in [4.78, 5) is 12.2. The van der Waals surface area contributed by atoms with Crippen molar-refractivity contribution in [2.24, 2.45) is 17.8 Å². The molecule has 1 amide bonds. The van der Waals surface area contributed by atoms with Crippen molar-refractivity contribution < 1.29 is 23.0 Å². The van der Waals surface area contributed by atoms with E-state index in [9.17, 15) is 13.6 Å². The van der Waals surface area contributed by atoms with E-state index in [4.69, 9.17) is 9.47 Å². The van der Waals surface area contributed by atoms with Crippen LogP contribution < -0.4 is 5.32 Å². The largest absolute Gasteiger partial charge is 0.445 e. The fraction of sp³-hybridized carbons (Fsp3) is 0.632. The molecule has 0 radical (unpaired) electrons. The van der Waals surface area contributed by atoms with Crippen LogP contribution in [-0.2, 0) is 16.1 Å². The van der Waals surface area contributed by atoms with Gasteiger partial charge in [-0.25, -0.2) is 4.79 Å². The van der Waals surface area contributed by atoms with Crippen LogP contribution in [0, 0.1) is 17.8 Å². The van der Waals surface area contributed by atoms with Crippen molar-refractivity contribution in [1.82, 2.24) is 5.32 Å². The zero-order valence-corrected chi connectivity index (χ0v) is 14.0. The van der Waals surface area contributed by atoms with E-state index in [1.165, 1.54) is 0 Å². The van der Waals surface area contributed by atoms with Gasteiger partial charge in [0.25, 0.3) is 0 Å². The molecule has 2 unspecified atom stereocenters. The van der Waals surface area contributed by atoms with Gasteiger partial charge in [0, 0.05) is 6.04 Å². The van der Waals surface area contributed by atoms with E-state index in [2.05, 4.69) is 5.32 Å². The highest BCUT2D eigenvalue weighted by Crippen LogP contribution is 2.57. The molecule has 0 aliphatic heterocycles. The summed E-state index contributed by atoms with van der Waals surface area (Å²) in [5.41, 5.74) is 0.253. The molecule has 4 aliphatic rings. The number of carbonyl (C=O) groups excluding carboxylic acids is 1. The summed E-state index contributed by atoms with van der Waals surface area (Å²) in [6, 6.07) is 9.53. The van der Waals surface area contributed by atoms with Crippen LogP contribution >= 0.6 is 0 Å². The standard InChI is InChI=1S/C19H23F2NO3/c20-17(21)25-19-8-13-6-14(9-19)16(15(7-13)10-19)22-18(23)24-11-12-4-2-1-3-5-12/h1-5,13-17H,6-11H2,(H,22,23)/t13?,14?,15?,16-,19+. The molecule has 4 saturated carbocycles. The lowest BCUT2D eigenvalue weighted by Gasteiger charge is -2.59. The van der Waals surface area contributed by atoms with Gasteiger partial charge in [-0.15, -0.1) is 0 Å². The van der Waals surface area contributed by atoms with Gasteiger partial charge in [0.2, 0.25) is 0 Å². The molecule has 4 bridgehead atoms. The maximum atomic E-state index is 12.8. The molecule has 4 aliphatic carbocycles. The first-order valence-corrected chi connectivity index (χ1v) is 8.96. The van der Waals surface area contributed by atoms with Crippen LogP contribution in [-0.4, -0.2) is 24.3 Å². The molecule has 0 aromatic heterocycles. The Morgan fingerprint density at radius 3 is 2.48 bits per heavy atom. The normalized spacial score (nSPS) is 35.8. The number of nitrogens with one attached hydrogen (secondary N) is 1. The number of ether oxygens (including phenoxy) is 2. The Hall–Kier alpha value is -1.69. The minimum absolute atomic E-state index is 0.00854. The summed E-state index contributed by atoms with van der Waals surface area (Å²) < 4.78 is 36.0. The highest BCUT2D eigenvalue weighted by molar-refractivity contribution is 5.67. The van der Waals surface area contributed by atoms with E-state index in [0.29, 0.717) is 18.8 Å². The monoisotopic (exact) mass is 351 g/mol. The number of benzene rings is 1. The molecule has 6 heteroatoms. The molecule has 4 fully saturated rings. The Morgan fingerprint density at radius 2 is 1.84 bits per heavy atom. The van der Waals surface area contributed by atoms with Crippen LogP contribution in [0.4, 0.5) is 13.6 Å². The van der Waals surface area contributed by atoms with Gasteiger partial charge in [0.05, 0.1) is 5.60 Å². The fourth-order valence-corrected chi connectivity index (χ4v) is 5.42. The summed E-state index contributed by atoms with van der Waals surface area (Å²) in [6.45, 7) is -2.49. The third-order valence-electron chi connectivity index (χ3n) is 6.05. The SMILES string of the molecule is O=C(N[C@H]1C2CC3CC1C[C@@](OC(F)F)(C3)C2)OCc1ccccc1. The second kappa shape index (κ2) is 6.56. The van der Waals surface area contributed by atoms with Crippen molar-refractivity contribution in [2.45, 2.75) is 57.0 Å². The third-order valence-corrected chi connectivity index (χ3v) is 6.05. The zero-order valence-electron chi connectivity index (χ0n) is 14.0. The number of hydrogen-bond donors (Lipinski definition) is 1. The Balaban J connectivity index is 1.36. The van der Waals surface area contributed by atoms with Crippen LogP contribution in [0.3, 0.4) is 0 Å². The minimum atomic E-state index is -2.72. The number of halogens is 2. The molecule has 2 atom stereocenters. The second-order valence-electron chi connectivity index (χ2n) is 7.76. The number of carbonyl (C=O) groups is 1. The van der Waals surface area contributed by atoms with Crippen LogP contribution in [0.1, 0.15) is 37.7 Å². The molecule has 0 spiro atoms. The maximum Gasteiger partial charge on any atom is 0.407 e. The van der Waals surface area contributed by atoms with E-state index < -0.39 is 18.3 Å². The fourth-order valence-electron chi connectivity index (χ4n) is 5.42. The summed E-state index contributed by atoms with van der Waals surface area (Å²) in [5.74, 6) is 0.846. The third kappa shape index (κ3) is 3.50. The molecular weight excluding hydrogens is 328 g/mol. The summed E-state index contributed by atoms with van der Waals surface area (Å²) in [7, 11) is 0. The van der Waals surface area contributed by atoms with Crippen molar-refractivity contribution in [1.29, 1.82) is 0 Å². The van der Waals surface area contributed by atoms with Gasteiger partial charge in [0.15, 0.2) is 0 Å². The Bertz CT molecular complexity index is 604. The van der Waals surface area contributed by atoms with Gasteiger partial charge >= 0.3 is 12.7 Å². The van der Waals surface area contributed by atoms with E-state index in [1.807, 2.05) is 30.3 Å². The molecule has 1 aromatic carbocycles. The van der Waals surface area contributed by atoms with Crippen molar-refractivity contribution in [3.8, 4) is 0 Å². The van der Waals surface area contributed by atoms with Crippen LogP contribution in [0.2, 0.25) is 0 Å². The molecule has 25 heavy (non-hydrogen) atoms. The number of rotatable bonds is 5. The average molecular weight is 351 g/mol. The lowest BCUT2D eigenvalue weighted by atomic mass is 9.52. The second-order valence-corrected chi connectivity index (χ2v) is 7.76. The highest BCUT2D eigenvalue weighted by atomic mass is 19.3. The molecule has 4 nitrogen and oxygen atoms in total. The van der Waals surface area contributed by atoms with Gasteiger partial charge in [-0.2, -0.15) is 8.78 Å². The van der Waals surface area contributed by atoms with E-state index in [0.717, 1.165) is 24.8 Å². The lowest BCUT2D eigenvalue weighted by molar-refractivity contribution is -0.260. The predicted octanol–water partition coefficient (Wildman–Crippen LogP) is 4.10. The van der Waals surface area contributed by atoms with E-state index in [-0.39, 0.29) is 24.5 Å². The van der Waals surface area contributed by atoms with Crippen LogP contribution in [0.15, 0.2) is 30.3 Å². The van der Waals surface area contributed by atoms with Crippen molar-refractivity contribution in [3.05, 3.63) is 35.9 Å². The molecule has 136 valence electrons.